The summed E-state index contributed by atoms with van der Waals surface area (Å²) in [5, 5.41) is 3.35. The predicted octanol–water partition coefficient (Wildman–Crippen LogP) is 5.22. The van der Waals surface area contributed by atoms with E-state index in [9.17, 15) is 18.8 Å². The Morgan fingerprint density at radius 2 is 1.77 bits per heavy atom. The Morgan fingerprint density at radius 3 is 2.50 bits per heavy atom. The lowest BCUT2D eigenvalue weighted by Crippen LogP contribution is -2.40. The molecule has 1 amide bonds. The van der Waals surface area contributed by atoms with Gasteiger partial charge in [0, 0.05) is 0 Å². The third-order valence-corrected chi connectivity index (χ3v) is 6.71. The largest absolute Gasteiger partial charge is 0.496 e. The van der Waals surface area contributed by atoms with Crippen molar-refractivity contribution in [3.8, 4) is 16.9 Å². The summed E-state index contributed by atoms with van der Waals surface area (Å²) < 4.78 is 26.4. The lowest BCUT2D eigenvalue weighted by atomic mass is 9.96. The average molecular weight is 546 g/mol. The Bertz CT molecular complexity index is 1580. The van der Waals surface area contributed by atoms with Gasteiger partial charge in [0.2, 0.25) is 5.91 Å². The van der Waals surface area contributed by atoms with E-state index in [-0.39, 0.29) is 23.5 Å². The van der Waals surface area contributed by atoms with Crippen molar-refractivity contribution in [3.63, 3.8) is 0 Å². The highest BCUT2D eigenvalue weighted by molar-refractivity contribution is 5.83. The topological polar surface area (TPSA) is 99.5 Å². The van der Waals surface area contributed by atoms with Gasteiger partial charge in [0.25, 0.3) is 5.56 Å². The van der Waals surface area contributed by atoms with Crippen molar-refractivity contribution >= 4 is 22.8 Å². The van der Waals surface area contributed by atoms with Crippen LogP contribution in [-0.4, -0.2) is 35.6 Å². The zero-order valence-corrected chi connectivity index (χ0v) is 22.9. The molecule has 3 aromatic carbocycles. The Balaban J connectivity index is 1.73. The molecule has 1 N–H and O–H groups in total. The number of benzene rings is 3. The van der Waals surface area contributed by atoms with Crippen molar-refractivity contribution in [1.29, 1.82) is 0 Å². The van der Waals surface area contributed by atoms with Crippen molar-refractivity contribution < 1.29 is 23.5 Å². The van der Waals surface area contributed by atoms with Crippen LogP contribution in [0, 0.1) is 11.7 Å². The molecule has 8 nitrogen and oxygen atoms in total. The molecule has 0 spiro atoms. The second kappa shape index (κ2) is 12.5. The van der Waals surface area contributed by atoms with Crippen LogP contribution in [0.5, 0.6) is 5.75 Å². The molecule has 0 unspecified atom stereocenters. The molecule has 2 atom stereocenters. The van der Waals surface area contributed by atoms with Gasteiger partial charge >= 0.3 is 5.97 Å². The molecule has 208 valence electrons. The number of aromatic nitrogens is 2. The number of ether oxygens (including phenoxy) is 2. The van der Waals surface area contributed by atoms with Crippen molar-refractivity contribution in [3.05, 3.63) is 94.8 Å². The second-order valence-corrected chi connectivity index (χ2v) is 9.90. The zero-order chi connectivity index (χ0) is 28.8. The number of hydrogen-bond acceptors (Lipinski definition) is 6. The first-order valence-corrected chi connectivity index (χ1v) is 13.0. The van der Waals surface area contributed by atoms with Crippen LogP contribution in [0.4, 0.5) is 4.39 Å². The van der Waals surface area contributed by atoms with Gasteiger partial charge in [0.05, 0.1) is 49.5 Å². The van der Waals surface area contributed by atoms with E-state index < -0.39 is 29.8 Å². The molecular formula is C31H32FN3O5. The fraction of sp³-hybridized carbons (Fsp3) is 0.290. The minimum absolute atomic E-state index is 0.0741. The van der Waals surface area contributed by atoms with E-state index in [0.717, 1.165) is 0 Å². The van der Waals surface area contributed by atoms with E-state index in [2.05, 4.69) is 10.3 Å². The number of fused-ring (bicyclic) bond motifs is 1. The maximum absolute atomic E-state index is 14.8. The number of para-hydroxylation sites is 1. The van der Waals surface area contributed by atoms with Crippen LogP contribution < -0.4 is 15.6 Å². The summed E-state index contributed by atoms with van der Waals surface area (Å²) >= 11 is 0. The van der Waals surface area contributed by atoms with Crippen LogP contribution in [0.2, 0.25) is 0 Å². The molecule has 4 aromatic rings. The minimum atomic E-state index is -0.875. The fourth-order valence-electron chi connectivity index (χ4n) is 4.73. The predicted molar refractivity (Wildman–Crippen MR) is 150 cm³/mol. The molecule has 0 aliphatic carbocycles. The van der Waals surface area contributed by atoms with E-state index in [4.69, 9.17) is 9.47 Å². The summed E-state index contributed by atoms with van der Waals surface area (Å²) in [6, 6.07) is 16.7. The summed E-state index contributed by atoms with van der Waals surface area (Å²) in [4.78, 5) is 43.9. The van der Waals surface area contributed by atoms with E-state index in [0.29, 0.717) is 34.2 Å². The van der Waals surface area contributed by atoms with Gasteiger partial charge in [-0.2, -0.15) is 0 Å². The number of carbonyl (C=O) groups is 2. The first-order chi connectivity index (χ1) is 19.2. The molecular weight excluding hydrogens is 513 g/mol. The highest BCUT2D eigenvalue weighted by Crippen LogP contribution is 2.34. The average Bonchev–Trinajstić information content (AvgIpc) is 2.95. The van der Waals surface area contributed by atoms with Crippen LogP contribution in [0.25, 0.3) is 22.0 Å². The van der Waals surface area contributed by atoms with Crippen LogP contribution in [0.1, 0.15) is 44.3 Å². The smallest absolute Gasteiger partial charge is 0.307 e. The third-order valence-electron chi connectivity index (χ3n) is 6.71. The summed E-state index contributed by atoms with van der Waals surface area (Å²) in [6.45, 7) is 3.91. The lowest BCUT2D eigenvalue weighted by molar-refractivity contribution is -0.141. The molecule has 0 bridgehead atoms. The first-order valence-electron chi connectivity index (χ1n) is 13.0. The monoisotopic (exact) mass is 545 g/mol. The van der Waals surface area contributed by atoms with E-state index in [1.165, 1.54) is 31.2 Å². The SMILES string of the molecule is COC(=O)C[C@H](NC(=O)[C@H](CC(C)C)n1cnc2ccccc2c1=O)c1cccc(-c2c(F)cccc2OC)c1. The van der Waals surface area contributed by atoms with E-state index in [1.807, 2.05) is 13.8 Å². The molecule has 0 saturated carbocycles. The highest BCUT2D eigenvalue weighted by Gasteiger charge is 2.28. The quantitative estimate of drug-likeness (QED) is 0.274. The summed E-state index contributed by atoms with van der Waals surface area (Å²) in [5.74, 6) is -1.03. The van der Waals surface area contributed by atoms with Gasteiger partial charge in [-0.25, -0.2) is 9.37 Å². The van der Waals surface area contributed by atoms with Gasteiger partial charge in [0.15, 0.2) is 0 Å². The van der Waals surface area contributed by atoms with Gasteiger partial charge in [-0.1, -0.05) is 50.2 Å². The van der Waals surface area contributed by atoms with Gasteiger partial charge in [-0.15, -0.1) is 0 Å². The summed E-state index contributed by atoms with van der Waals surface area (Å²) in [7, 11) is 2.73. The van der Waals surface area contributed by atoms with Crippen LogP contribution in [-0.2, 0) is 14.3 Å². The number of halogens is 1. The summed E-state index contributed by atoms with van der Waals surface area (Å²) in [6.07, 6.45) is 1.58. The first kappa shape index (κ1) is 28.5. The molecule has 0 fully saturated rings. The molecule has 40 heavy (non-hydrogen) atoms. The molecule has 1 heterocycles. The fourth-order valence-corrected chi connectivity index (χ4v) is 4.73. The Morgan fingerprint density at radius 1 is 1.02 bits per heavy atom. The lowest BCUT2D eigenvalue weighted by Gasteiger charge is -2.25. The van der Waals surface area contributed by atoms with Crippen molar-refractivity contribution in [2.75, 3.05) is 14.2 Å². The maximum Gasteiger partial charge on any atom is 0.307 e. The van der Waals surface area contributed by atoms with Crippen LogP contribution >= 0.6 is 0 Å². The number of nitrogens with zero attached hydrogens (tertiary/aromatic N) is 2. The van der Waals surface area contributed by atoms with Crippen molar-refractivity contribution in [1.82, 2.24) is 14.9 Å². The van der Waals surface area contributed by atoms with E-state index >= 15 is 0 Å². The molecule has 1 aromatic heterocycles. The number of amides is 1. The van der Waals surface area contributed by atoms with Crippen LogP contribution in [0.3, 0.4) is 0 Å². The van der Waals surface area contributed by atoms with E-state index in [1.54, 1.807) is 60.7 Å². The Hall–Kier alpha value is -4.53. The van der Waals surface area contributed by atoms with Gasteiger partial charge < -0.3 is 14.8 Å². The number of methoxy groups -OCH3 is 2. The maximum atomic E-state index is 14.8. The van der Waals surface area contributed by atoms with Crippen LogP contribution in [0.15, 0.2) is 77.9 Å². The van der Waals surface area contributed by atoms with Crippen molar-refractivity contribution in [2.45, 2.75) is 38.8 Å². The Kier molecular flexibility index (Phi) is 8.93. The minimum Gasteiger partial charge on any atom is -0.496 e. The molecule has 4 rings (SSSR count). The normalized spacial score (nSPS) is 12.7. The number of nitrogens with one attached hydrogen (secondary N) is 1. The van der Waals surface area contributed by atoms with Gasteiger partial charge in [0.1, 0.15) is 17.6 Å². The number of rotatable bonds is 10. The number of hydrogen-bond donors (Lipinski definition) is 1. The Labute approximate surface area is 231 Å². The summed E-state index contributed by atoms with van der Waals surface area (Å²) in [5.41, 5.74) is 1.56. The van der Waals surface area contributed by atoms with Crippen molar-refractivity contribution in [2.24, 2.45) is 5.92 Å². The zero-order valence-electron chi connectivity index (χ0n) is 22.9. The number of carbonyl (C=O) groups excluding carboxylic acids is 2. The molecule has 9 heteroatoms. The second-order valence-electron chi connectivity index (χ2n) is 9.90. The highest BCUT2D eigenvalue weighted by atomic mass is 19.1. The molecule has 0 saturated heterocycles. The number of esters is 1. The van der Waals surface area contributed by atoms with Gasteiger partial charge in [-0.3, -0.25) is 19.0 Å². The molecule has 0 radical (unpaired) electrons. The standard InChI is InChI=1S/C31H32FN3O5/c1-19(2)15-26(35-18-33-24-13-6-5-11-22(24)31(35)38)30(37)34-25(17-28(36)40-4)20-9-7-10-21(16-20)29-23(32)12-8-14-27(29)39-3/h5-14,16,18-19,25-26H,15,17H2,1-4H3,(H,34,37)/t25-,26-/m0/s1. The third kappa shape index (κ3) is 6.20. The molecule has 0 aliphatic heterocycles. The molecule has 0 aliphatic rings. The van der Waals surface area contributed by atoms with Gasteiger partial charge in [-0.05, 0) is 53.8 Å².